The minimum atomic E-state index is 0.376. The van der Waals surface area contributed by atoms with Gasteiger partial charge in [-0.25, -0.2) is 0 Å². The van der Waals surface area contributed by atoms with Gasteiger partial charge in [0.05, 0.1) is 0 Å². The predicted molar refractivity (Wildman–Crippen MR) is 147 cm³/mol. The standard InChI is InChI=1S/C33H38O/c1-5-9-24(6-2)21-26-13-16-27(17-14-26)33-29-19-15-25(7-3)22-28(29)10-8-11-31(33)30-18-12-23(4)20-32(30)34/h7,12-20,22,24,34H,3,5-6,8-11,21H2,1-2,4H3. The highest BCUT2D eigenvalue weighted by molar-refractivity contribution is 6.01. The van der Waals surface area contributed by atoms with E-state index in [2.05, 4.69) is 75.0 Å². The average Bonchev–Trinajstić information content (AvgIpc) is 3.03. The fraction of sp³-hybridized carbons (Fsp3) is 0.333. The van der Waals surface area contributed by atoms with Gasteiger partial charge >= 0.3 is 0 Å². The van der Waals surface area contributed by atoms with E-state index in [4.69, 9.17) is 0 Å². The summed E-state index contributed by atoms with van der Waals surface area (Å²) in [5.41, 5.74) is 11.0. The van der Waals surface area contributed by atoms with Crippen molar-refractivity contribution in [1.82, 2.24) is 0 Å². The number of phenols is 1. The van der Waals surface area contributed by atoms with Crippen LogP contribution in [0.3, 0.4) is 0 Å². The number of allylic oxidation sites excluding steroid dienone is 1. The molecule has 0 radical (unpaired) electrons. The molecule has 0 bridgehead atoms. The van der Waals surface area contributed by atoms with Crippen molar-refractivity contribution in [2.45, 2.75) is 65.7 Å². The topological polar surface area (TPSA) is 20.2 Å². The van der Waals surface area contributed by atoms with Crippen LogP contribution >= 0.6 is 0 Å². The van der Waals surface area contributed by atoms with Crippen molar-refractivity contribution < 1.29 is 5.11 Å². The molecule has 1 unspecified atom stereocenters. The van der Waals surface area contributed by atoms with E-state index in [-0.39, 0.29) is 0 Å². The van der Waals surface area contributed by atoms with Crippen LogP contribution in [0.15, 0.2) is 67.2 Å². The van der Waals surface area contributed by atoms with Gasteiger partial charge in [0.15, 0.2) is 0 Å². The van der Waals surface area contributed by atoms with E-state index in [0.717, 1.165) is 48.3 Å². The fourth-order valence-electron chi connectivity index (χ4n) is 5.43. The molecule has 1 N–H and O–H groups in total. The minimum absolute atomic E-state index is 0.376. The second-order valence-electron chi connectivity index (χ2n) is 9.81. The third-order valence-electron chi connectivity index (χ3n) is 7.33. The molecule has 3 aromatic rings. The maximum atomic E-state index is 10.9. The first-order valence-electron chi connectivity index (χ1n) is 12.9. The molecular weight excluding hydrogens is 412 g/mol. The lowest BCUT2D eigenvalue weighted by Crippen LogP contribution is -2.03. The van der Waals surface area contributed by atoms with Crippen LogP contribution in [0.2, 0.25) is 0 Å². The lowest BCUT2D eigenvalue weighted by molar-refractivity contribution is 0.462. The first-order valence-corrected chi connectivity index (χ1v) is 12.9. The second-order valence-corrected chi connectivity index (χ2v) is 9.81. The summed E-state index contributed by atoms with van der Waals surface area (Å²) in [5, 5.41) is 10.9. The third kappa shape index (κ3) is 5.20. The number of phenolic OH excluding ortho intramolecular Hbond substituents is 1. The zero-order valence-corrected chi connectivity index (χ0v) is 21.0. The molecule has 0 spiro atoms. The molecule has 4 rings (SSSR count). The molecule has 1 atom stereocenters. The molecule has 0 fully saturated rings. The number of aryl methyl sites for hydroxylation is 2. The van der Waals surface area contributed by atoms with Gasteiger partial charge in [0.1, 0.15) is 5.75 Å². The van der Waals surface area contributed by atoms with Crippen LogP contribution in [-0.2, 0) is 12.8 Å². The van der Waals surface area contributed by atoms with Crippen molar-refractivity contribution in [1.29, 1.82) is 0 Å². The van der Waals surface area contributed by atoms with Gasteiger partial charge in [-0.05, 0) is 89.1 Å². The summed E-state index contributed by atoms with van der Waals surface area (Å²) in [6.07, 6.45) is 9.88. The molecule has 1 nitrogen and oxygen atoms in total. The average molecular weight is 451 g/mol. The highest BCUT2D eigenvalue weighted by Gasteiger charge is 2.22. The van der Waals surface area contributed by atoms with Crippen LogP contribution in [0.1, 0.15) is 84.9 Å². The highest BCUT2D eigenvalue weighted by atomic mass is 16.3. The van der Waals surface area contributed by atoms with E-state index in [1.54, 1.807) is 0 Å². The fourth-order valence-corrected chi connectivity index (χ4v) is 5.43. The van der Waals surface area contributed by atoms with Crippen LogP contribution in [-0.4, -0.2) is 5.11 Å². The van der Waals surface area contributed by atoms with Crippen LogP contribution in [0.25, 0.3) is 17.2 Å². The zero-order chi connectivity index (χ0) is 24.1. The molecule has 0 saturated carbocycles. The van der Waals surface area contributed by atoms with Gasteiger partial charge in [0, 0.05) is 5.56 Å². The lowest BCUT2D eigenvalue weighted by atomic mass is 9.86. The first-order chi connectivity index (χ1) is 16.5. The Balaban J connectivity index is 1.85. The van der Waals surface area contributed by atoms with Crippen LogP contribution < -0.4 is 0 Å². The Bertz CT molecular complexity index is 1180. The molecular formula is C33H38O. The first kappa shape index (κ1) is 24.1. The van der Waals surface area contributed by atoms with Gasteiger partial charge < -0.3 is 5.11 Å². The Morgan fingerprint density at radius 2 is 1.71 bits per heavy atom. The summed E-state index contributed by atoms with van der Waals surface area (Å²) in [7, 11) is 0. The van der Waals surface area contributed by atoms with Crippen LogP contribution in [0.5, 0.6) is 5.75 Å². The van der Waals surface area contributed by atoms with E-state index in [1.807, 2.05) is 19.1 Å². The summed E-state index contributed by atoms with van der Waals surface area (Å²) >= 11 is 0. The van der Waals surface area contributed by atoms with E-state index < -0.39 is 0 Å². The molecule has 3 aromatic carbocycles. The number of hydrogen-bond acceptors (Lipinski definition) is 1. The van der Waals surface area contributed by atoms with E-state index in [9.17, 15) is 5.11 Å². The number of hydrogen-bond donors (Lipinski definition) is 1. The molecule has 0 amide bonds. The number of aromatic hydroxyl groups is 1. The van der Waals surface area contributed by atoms with E-state index in [0.29, 0.717) is 5.75 Å². The number of benzene rings is 3. The lowest BCUT2D eigenvalue weighted by Gasteiger charge is -2.19. The molecule has 0 aliphatic heterocycles. The van der Waals surface area contributed by atoms with Crippen molar-refractivity contribution in [2.24, 2.45) is 5.92 Å². The molecule has 1 aliphatic carbocycles. The Hall–Kier alpha value is -3.06. The maximum absolute atomic E-state index is 10.9. The Labute approximate surface area is 205 Å². The molecule has 34 heavy (non-hydrogen) atoms. The second kappa shape index (κ2) is 10.9. The monoisotopic (exact) mass is 450 g/mol. The zero-order valence-electron chi connectivity index (χ0n) is 21.0. The van der Waals surface area contributed by atoms with E-state index in [1.165, 1.54) is 52.7 Å². The number of rotatable bonds is 8. The Morgan fingerprint density at radius 1 is 0.941 bits per heavy atom. The molecule has 0 saturated heterocycles. The van der Waals surface area contributed by atoms with Crippen molar-refractivity contribution in [2.75, 3.05) is 0 Å². The smallest absolute Gasteiger partial charge is 0.123 e. The summed E-state index contributed by atoms with van der Waals surface area (Å²) in [4.78, 5) is 0. The van der Waals surface area contributed by atoms with Gasteiger partial charge in [-0.2, -0.15) is 0 Å². The van der Waals surface area contributed by atoms with Gasteiger partial charge in [-0.1, -0.05) is 100 Å². The largest absolute Gasteiger partial charge is 0.507 e. The summed E-state index contributed by atoms with van der Waals surface area (Å²) in [5.74, 6) is 1.13. The maximum Gasteiger partial charge on any atom is 0.123 e. The Kier molecular flexibility index (Phi) is 7.73. The minimum Gasteiger partial charge on any atom is -0.507 e. The Morgan fingerprint density at radius 3 is 2.38 bits per heavy atom. The molecule has 1 aliphatic rings. The normalized spacial score (nSPS) is 14.4. The van der Waals surface area contributed by atoms with Crippen molar-refractivity contribution in [3.8, 4) is 5.75 Å². The van der Waals surface area contributed by atoms with Gasteiger partial charge in [0.2, 0.25) is 0 Å². The van der Waals surface area contributed by atoms with Gasteiger partial charge in [-0.3, -0.25) is 0 Å². The van der Waals surface area contributed by atoms with Crippen LogP contribution in [0.4, 0.5) is 0 Å². The highest BCUT2D eigenvalue weighted by Crippen LogP contribution is 2.42. The van der Waals surface area contributed by atoms with Gasteiger partial charge in [0.25, 0.3) is 0 Å². The van der Waals surface area contributed by atoms with Crippen molar-refractivity contribution >= 4 is 17.2 Å². The predicted octanol–water partition coefficient (Wildman–Crippen LogP) is 9.01. The van der Waals surface area contributed by atoms with E-state index >= 15 is 0 Å². The summed E-state index contributed by atoms with van der Waals surface area (Å²) < 4.78 is 0. The third-order valence-corrected chi connectivity index (χ3v) is 7.33. The molecule has 1 heteroatoms. The SMILES string of the molecule is C=Cc1ccc2c(c1)CCCC(c1ccc(C)cc1O)=C2c1ccc(CC(CC)CCC)cc1. The number of fused-ring (bicyclic) bond motifs is 1. The summed E-state index contributed by atoms with van der Waals surface area (Å²) in [6, 6.07) is 22.0. The molecule has 0 heterocycles. The quantitative estimate of drug-likeness (QED) is 0.363. The van der Waals surface area contributed by atoms with Crippen LogP contribution in [0, 0.1) is 12.8 Å². The summed E-state index contributed by atoms with van der Waals surface area (Å²) in [6.45, 7) is 10.6. The van der Waals surface area contributed by atoms with Gasteiger partial charge in [-0.15, -0.1) is 0 Å². The molecule has 176 valence electrons. The van der Waals surface area contributed by atoms with Crippen molar-refractivity contribution in [3.63, 3.8) is 0 Å². The molecule has 0 aromatic heterocycles. The van der Waals surface area contributed by atoms with Crippen molar-refractivity contribution in [3.05, 3.63) is 106 Å².